The Bertz CT molecular complexity index is 1410. The first-order valence-electron chi connectivity index (χ1n) is 9.66. The number of para-hydroxylation sites is 2. The van der Waals surface area contributed by atoms with Crippen LogP contribution in [0.15, 0.2) is 83.3 Å². The number of rotatable bonds is 4. The van der Waals surface area contributed by atoms with Crippen LogP contribution in [-0.2, 0) is 0 Å². The SMILES string of the molecule is COc1cc2ccccc2cc1C(=O)Nc1ccc(Cl)c(-c2nc3ccccc3o2)c1. The Labute approximate surface area is 183 Å². The maximum atomic E-state index is 13.0. The van der Waals surface area contributed by atoms with Crippen molar-refractivity contribution in [3.8, 4) is 17.2 Å². The van der Waals surface area contributed by atoms with Gasteiger partial charge in [0.25, 0.3) is 5.91 Å². The van der Waals surface area contributed by atoms with Crippen molar-refractivity contribution in [2.45, 2.75) is 0 Å². The van der Waals surface area contributed by atoms with Crippen LogP contribution in [0.5, 0.6) is 5.75 Å². The quantitative estimate of drug-likeness (QED) is 0.352. The number of nitrogens with zero attached hydrogens (tertiary/aromatic N) is 1. The highest BCUT2D eigenvalue weighted by Gasteiger charge is 2.16. The molecule has 152 valence electrons. The maximum Gasteiger partial charge on any atom is 0.259 e. The number of aromatic nitrogens is 1. The summed E-state index contributed by atoms with van der Waals surface area (Å²) in [7, 11) is 1.55. The summed E-state index contributed by atoms with van der Waals surface area (Å²) in [6.45, 7) is 0. The molecule has 0 unspecified atom stereocenters. The average Bonchev–Trinajstić information content (AvgIpc) is 3.23. The maximum absolute atomic E-state index is 13.0. The van der Waals surface area contributed by atoms with E-state index in [0.717, 1.165) is 16.3 Å². The van der Waals surface area contributed by atoms with Gasteiger partial charge < -0.3 is 14.5 Å². The summed E-state index contributed by atoms with van der Waals surface area (Å²) in [6.07, 6.45) is 0. The molecule has 0 aliphatic carbocycles. The smallest absolute Gasteiger partial charge is 0.259 e. The number of fused-ring (bicyclic) bond motifs is 2. The molecule has 0 bridgehead atoms. The summed E-state index contributed by atoms with van der Waals surface area (Å²) in [5.74, 6) is 0.614. The van der Waals surface area contributed by atoms with E-state index >= 15 is 0 Å². The molecule has 6 heteroatoms. The van der Waals surface area contributed by atoms with Gasteiger partial charge in [-0.1, -0.05) is 48.0 Å². The molecule has 0 saturated heterocycles. The lowest BCUT2D eigenvalue weighted by Gasteiger charge is -2.12. The number of hydrogen-bond acceptors (Lipinski definition) is 4. The zero-order chi connectivity index (χ0) is 21.4. The summed E-state index contributed by atoms with van der Waals surface area (Å²) in [5, 5.41) is 5.36. The fourth-order valence-electron chi connectivity index (χ4n) is 3.52. The molecule has 5 aromatic rings. The van der Waals surface area contributed by atoms with Crippen molar-refractivity contribution >= 4 is 45.1 Å². The lowest BCUT2D eigenvalue weighted by molar-refractivity contribution is 0.102. The van der Waals surface area contributed by atoms with Gasteiger partial charge in [0.1, 0.15) is 11.3 Å². The zero-order valence-electron chi connectivity index (χ0n) is 16.6. The van der Waals surface area contributed by atoms with Crippen molar-refractivity contribution in [1.29, 1.82) is 0 Å². The minimum atomic E-state index is -0.284. The molecule has 0 radical (unpaired) electrons. The fourth-order valence-corrected chi connectivity index (χ4v) is 3.72. The third-order valence-electron chi connectivity index (χ3n) is 5.06. The van der Waals surface area contributed by atoms with Gasteiger partial charge in [-0.3, -0.25) is 4.79 Å². The summed E-state index contributed by atoms with van der Waals surface area (Å²) >= 11 is 6.39. The van der Waals surface area contributed by atoms with E-state index in [0.29, 0.717) is 39.1 Å². The molecule has 1 N–H and O–H groups in total. The number of carbonyl (C=O) groups is 1. The number of oxazole rings is 1. The topological polar surface area (TPSA) is 64.4 Å². The summed E-state index contributed by atoms with van der Waals surface area (Å²) in [6, 6.07) is 24.2. The summed E-state index contributed by atoms with van der Waals surface area (Å²) in [4.78, 5) is 17.5. The van der Waals surface area contributed by atoms with E-state index < -0.39 is 0 Å². The predicted molar refractivity (Wildman–Crippen MR) is 123 cm³/mol. The highest BCUT2D eigenvalue weighted by Crippen LogP contribution is 2.33. The molecular weight excluding hydrogens is 412 g/mol. The minimum absolute atomic E-state index is 0.284. The van der Waals surface area contributed by atoms with Crippen LogP contribution in [0.1, 0.15) is 10.4 Å². The van der Waals surface area contributed by atoms with E-state index in [1.54, 1.807) is 25.3 Å². The van der Waals surface area contributed by atoms with Gasteiger partial charge >= 0.3 is 0 Å². The van der Waals surface area contributed by atoms with Crippen LogP contribution in [0.25, 0.3) is 33.3 Å². The second kappa shape index (κ2) is 7.78. The number of amides is 1. The third-order valence-corrected chi connectivity index (χ3v) is 5.39. The number of halogens is 1. The molecule has 0 aliphatic heterocycles. The Hall–Kier alpha value is -3.83. The number of benzene rings is 4. The van der Waals surface area contributed by atoms with E-state index in [4.69, 9.17) is 20.8 Å². The van der Waals surface area contributed by atoms with Gasteiger partial charge in [0.15, 0.2) is 5.58 Å². The summed E-state index contributed by atoms with van der Waals surface area (Å²) < 4.78 is 11.3. The Balaban J connectivity index is 1.50. The molecule has 0 spiro atoms. The standard InChI is InChI=1S/C25H17ClN2O3/c1-30-23-13-16-7-3-2-6-15(16)12-19(23)24(29)27-17-10-11-20(26)18(14-17)25-28-21-8-4-5-9-22(21)31-25/h2-14H,1H3,(H,27,29). The first-order valence-corrected chi connectivity index (χ1v) is 10.0. The molecule has 0 atom stereocenters. The normalized spacial score (nSPS) is 11.0. The molecular formula is C25H17ClN2O3. The second-order valence-electron chi connectivity index (χ2n) is 7.04. The number of nitrogens with one attached hydrogen (secondary N) is 1. The van der Waals surface area contributed by atoms with Crippen LogP contribution < -0.4 is 10.1 Å². The Morgan fingerprint density at radius 1 is 0.968 bits per heavy atom. The Kier molecular flexibility index (Phi) is 4.81. The highest BCUT2D eigenvalue weighted by molar-refractivity contribution is 6.33. The largest absolute Gasteiger partial charge is 0.496 e. The first-order chi connectivity index (χ1) is 15.1. The van der Waals surface area contributed by atoms with Crippen LogP contribution in [0, 0.1) is 0 Å². The van der Waals surface area contributed by atoms with Crippen molar-refractivity contribution in [3.63, 3.8) is 0 Å². The van der Waals surface area contributed by atoms with Crippen LogP contribution in [0.3, 0.4) is 0 Å². The van der Waals surface area contributed by atoms with Crippen molar-refractivity contribution in [2.24, 2.45) is 0 Å². The molecule has 5 rings (SSSR count). The first kappa shape index (κ1) is 19.2. The third kappa shape index (κ3) is 3.60. The lowest BCUT2D eigenvalue weighted by atomic mass is 10.1. The zero-order valence-corrected chi connectivity index (χ0v) is 17.3. The molecule has 0 aliphatic rings. The average molecular weight is 429 g/mol. The van der Waals surface area contributed by atoms with Gasteiger partial charge in [0, 0.05) is 5.69 Å². The minimum Gasteiger partial charge on any atom is -0.496 e. The number of anilines is 1. The molecule has 0 fully saturated rings. The van der Waals surface area contributed by atoms with Crippen molar-refractivity contribution in [2.75, 3.05) is 12.4 Å². The van der Waals surface area contributed by atoms with Crippen LogP contribution in [0.2, 0.25) is 5.02 Å². The van der Waals surface area contributed by atoms with E-state index in [1.165, 1.54) is 0 Å². The molecule has 4 aromatic carbocycles. The van der Waals surface area contributed by atoms with E-state index in [9.17, 15) is 4.79 Å². The van der Waals surface area contributed by atoms with Gasteiger partial charge in [-0.05, 0) is 53.2 Å². The number of carbonyl (C=O) groups excluding carboxylic acids is 1. The molecule has 1 heterocycles. The van der Waals surface area contributed by atoms with E-state index in [2.05, 4.69) is 10.3 Å². The van der Waals surface area contributed by atoms with Gasteiger partial charge in [-0.2, -0.15) is 0 Å². The van der Waals surface area contributed by atoms with Crippen LogP contribution >= 0.6 is 11.6 Å². The Morgan fingerprint density at radius 3 is 2.48 bits per heavy atom. The monoisotopic (exact) mass is 428 g/mol. The van der Waals surface area contributed by atoms with Crippen molar-refractivity contribution in [3.05, 3.63) is 89.4 Å². The second-order valence-corrected chi connectivity index (χ2v) is 7.44. The van der Waals surface area contributed by atoms with E-state index in [-0.39, 0.29) is 5.91 Å². The fraction of sp³-hybridized carbons (Fsp3) is 0.0400. The van der Waals surface area contributed by atoms with Crippen LogP contribution in [-0.4, -0.2) is 18.0 Å². The molecule has 5 nitrogen and oxygen atoms in total. The molecule has 31 heavy (non-hydrogen) atoms. The van der Waals surface area contributed by atoms with Crippen LogP contribution in [0.4, 0.5) is 5.69 Å². The number of methoxy groups -OCH3 is 1. The molecule has 0 saturated carbocycles. The van der Waals surface area contributed by atoms with Gasteiger partial charge in [-0.25, -0.2) is 4.98 Å². The number of ether oxygens (including phenoxy) is 1. The predicted octanol–water partition coefficient (Wildman–Crippen LogP) is 6.56. The van der Waals surface area contributed by atoms with Gasteiger partial charge in [-0.15, -0.1) is 0 Å². The van der Waals surface area contributed by atoms with Gasteiger partial charge in [0.05, 0.1) is 23.3 Å². The van der Waals surface area contributed by atoms with Crippen molar-refractivity contribution in [1.82, 2.24) is 4.98 Å². The highest BCUT2D eigenvalue weighted by atomic mass is 35.5. The van der Waals surface area contributed by atoms with E-state index in [1.807, 2.05) is 60.7 Å². The van der Waals surface area contributed by atoms with Crippen molar-refractivity contribution < 1.29 is 13.9 Å². The van der Waals surface area contributed by atoms with Gasteiger partial charge in [0.2, 0.25) is 5.89 Å². The summed E-state index contributed by atoms with van der Waals surface area (Å²) in [5.41, 5.74) is 3.02. The number of hydrogen-bond donors (Lipinski definition) is 1. The Morgan fingerprint density at radius 2 is 1.71 bits per heavy atom. The lowest BCUT2D eigenvalue weighted by Crippen LogP contribution is -2.13. The molecule has 1 aromatic heterocycles. The molecule has 1 amide bonds.